The minimum absolute atomic E-state index is 0.0379. The summed E-state index contributed by atoms with van der Waals surface area (Å²) in [4.78, 5) is 21.6. The van der Waals surface area contributed by atoms with E-state index >= 15 is 0 Å². The Balaban J connectivity index is 2.47. The average Bonchev–Trinajstić information content (AvgIpc) is 2.36. The van der Waals surface area contributed by atoms with Gasteiger partial charge >= 0.3 is 0 Å². The van der Waals surface area contributed by atoms with Crippen molar-refractivity contribution in [2.24, 2.45) is 5.73 Å². The van der Waals surface area contributed by atoms with Crippen molar-refractivity contribution in [1.29, 1.82) is 0 Å². The van der Waals surface area contributed by atoms with Crippen LogP contribution >= 0.6 is 0 Å². The maximum atomic E-state index is 11.9. The summed E-state index contributed by atoms with van der Waals surface area (Å²) in [6.07, 6.45) is 7.64. The van der Waals surface area contributed by atoms with E-state index in [1.807, 2.05) is 0 Å². The lowest BCUT2D eigenvalue weighted by molar-refractivity contribution is -0.132. The molecule has 5 nitrogen and oxygen atoms in total. The largest absolute Gasteiger partial charge is 0.338 e. The summed E-state index contributed by atoms with van der Waals surface area (Å²) in [6.45, 7) is 2.53. The minimum Gasteiger partial charge on any atom is -0.338 e. The molecule has 0 unspecified atom stereocenters. The zero-order valence-electron chi connectivity index (χ0n) is 10.5. The summed E-state index contributed by atoms with van der Waals surface area (Å²) >= 11 is 0. The fourth-order valence-corrected chi connectivity index (χ4v) is 1.56. The highest BCUT2D eigenvalue weighted by Crippen LogP contribution is 2.04. The fourth-order valence-electron chi connectivity index (χ4n) is 1.56. The van der Waals surface area contributed by atoms with E-state index in [1.54, 1.807) is 30.5 Å². The molecule has 1 aromatic rings. The standard InChI is InChI=1S/C12H20N4O/c1-3-4-5-11(13)12(17)16(2)9-10-8-14-6-7-15-10/h6-8,11H,3-5,9,13H2,1-2H3/t11-/m1/s1. The number of likely N-dealkylation sites (N-methyl/N-ethyl adjacent to an activating group) is 1. The number of nitrogens with zero attached hydrogens (tertiary/aromatic N) is 3. The van der Waals surface area contributed by atoms with Gasteiger partial charge in [0.25, 0.3) is 0 Å². The summed E-state index contributed by atoms with van der Waals surface area (Å²) in [5.41, 5.74) is 6.60. The number of carbonyl (C=O) groups excluding carboxylic acids is 1. The fraction of sp³-hybridized carbons (Fsp3) is 0.583. The van der Waals surface area contributed by atoms with Gasteiger partial charge in [0.05, 0.1) is 24.5 Å². The Morgan fingerprint density at radius 3 is 2.88 bits per heavy atom. The molecule has 1 rings (SSSR count). The number of unbranched alkanes of at least 4 members (excludes halogenated alkanes) is 1. The van der Waals surface area contributed by atoms with Gasteiger partial charge in [-0.1, -0.05) is 19.8 Å². The van der Waals surface area contributed by atoms with Gasteiger partial charge in [-0.3, -0.25) is 14.8 Å². The number of amides is 1. The lowest BCUT2D eigenvalue weighted by Crippen LogP contribution is -2.41. The minimum atomic E-state index is -0.406. The molecule has 17 heavy (non-hydrogen) atoms. The third kappa shape index (κ3) is 4.48. The van der Waals surface area contributed by atoms with Crippen molar-refractivity contribution >= 4 is 5.91 Å². The first-order valence-electron chi connectivity index (χ1n) is 5.90. The highest BCUT2D eigenvalue weighted by atomic mass is 16.2. The van der Waals surface area contributed by atoms with Crippen LogP contribution in [0.3, 0.4) is 0 Å². The van der Waals surface area contributed by atoms with Crippen LogP contribution in [0.1, 0.15) is 31.9 Å². The highest BCUT2D eigenvalue weighted by Gasteiger charge is 2.17. The SMILES string of the molecule is CCCC[C@@H](N)C(=O)N(C)Cc1cnccn1. The number of hydrogen-bond acceptors (Lipinski definition) is 4. The lowest BCUT2D eigenvalue weighted by atomic mass is 10.1. The second-order valence-corrected chi connectivity index (χ2v) is 4.14. The highest BCUT2D eigenvalue weighted by molar-refractivity contribution is 5.81. The predicted molar refractivity (Wildman–Crippen MR) is 66.0 cm³/mol. The van der Waals surface area contributed by atoms with Crippen LogP contribution < -0.4 is 5.73 Å². The summed E-state index contributed by atoms with van der Waals surface area (Å²) in [7, 11) is 1.74. The van der Waals surface area contributed by atoms with Crippen molar-refractivity contribution in [3.8, 4) is 0 Å². The van der Waals surface area contributed by atoms with Crippen molar-refractivity contribution < 1.29 is 4.79 Å². The zero-order valence-corrected chi connectivity index (χ0v) is 10.5. The van der Waals surface area contributed by atoms with Gasteiger partial charge in [0, 0.05) is 19.4 Å². The van der Waals surface area contributed by atoms with Crippen molar-refractivity contribution in [3.63, 3.8) is 0 Å². The van der Waals surface area contributed by atoms with Gasteiger partial charge in [0.1, 0.15) is 0 Å². The second kappa shape index (κ2) is 6.96. The van der Waals surface area contributed by atoms with Crippen molar-refractivity contribution in [2.75, 3.05) is 7.05 Å². The molecule has 1 amide bonds. The Bertz CT molecular complexity index is 342. The van der Waals surface area contributed by atoms with Crippen molar-refractivity contribution in [2.45, 2.75) is 38.8 Å². The van der Waals surface area contributed by atoms with Crippen LogP contribution in [0, 0.1) is 0 Å². The number of nitrogens with two attached hydrogens (primary N) is 1. The van der Waals surface area contributed by atoms with Crippen molar-refractivity contribution in [3.05, 3.63) is 24.3 Å². The second-order valence-electron chi connectivity index (χ2n) is 4.14. The van der Waals surface area contributed by atoms with Crippen LogP contribution in [0.2, 0.25) is 0 Å². The van der Waals surface area contributed by atoms with E-state index in [1.165, 1.54) is 0 Å². The average molecular weight is 236 g/mol. The van der Waals surface area contributed by atoms with E-state index in [0.29, 0.717) is 6.54 Å². The molecule has 0 aliphatic rings. The molecular formula is C12H20N4O. The van der Waals surface area contributed by atoms with E-state index in [0.717, 1.165) is 25.0 Å². The van der Waals surface area contributed by atoms with E-state index in [-0.39, 0.29) is 5.91 Å². The molecule has 1 atom stereocenters. The Kier molecular flexibility index (Phi) is 5.56. The van der Waals surface area contributed by atoms with E-state index in [2.05, 4.69) is 16.9 Å². The molecule has 0 bridgehead atoms. The van der Waals surface area contributed by atoms with Crippen LogP contribution in [0.15, 0.2) is 18.6 Å². The first-order valence-corrected chi connectivity index (χ1v) is 5.90. The molecule has 0 fully saturated rings. The number of aromatic nitrogens is 2. The monoisotopic (exact) mass is 236 g/mol. The molecule has 0 saturated carbocycles. The summed E-state index contributed by atoms with van der Waals surface area (Å²) in [5, 5.41) is 0. The maximum absolute atomic E-state index is 11.9. The van der Waals surface area contributed by atoms with E-state index in [4.69, 9.17) is 5.73 Å². The normalized spacial score (nSPS) is 12.2. The summed E-state index contributed by atoms with van der Waals surface area (Å²) in [5.74, 6) is -0.0379. The number of carbonyl (C=O) groups is 1. The Morgan fingerprint density at radius 1 is 1.53 bits per heavy atom. The van der Waals surface area contributed by atoms with Gasteiger partial charge in [-0.25, -0.2) is 0 Å². The molecule has 5 heteroatoms. The number of rotatable bonds is 6. The van der Waals surface area contributed by atoms with Crippen molar-refractivity contribution in [1.82, 2.24) is 14.9 Å². The molecule has 1 heterocycles. The molecule has 0 aliphatic carbocycles. The third-order valence-corrected chi connectivity index (χ3v) is 2.58. The molecule has 0 aromatic carbocycles. The molecule has 0 saturated heterocycles. The van der Waals surface area contributed by atoms with Crippen LogP contribution in [0.4, 0.5) is 0 Å². The third-order valence-electron chi connectivity index (χ3n) is 2.58. The molecular weight excluding hydrogens is 216 g/mol. The quantitative estimate of drug-likeness (QED) is 0.798. The summed E-state index contributed by atoms with van der Waals surface area (Å²) in [6, 6.07) is -0.406. The first-order chi connectivity index (χ1) is 8.15. The van der Waals surface area contributed by atoms with Gasteiger partial charge in [-0.15, -0.1) is 0 Å². The Labute approximate surface area is 102 Å². The molecule has 2 N–H and O–H groups in total. The molecule has 0 radical (unpaired) electrons. The predicted octanol–water partition coefficient (Wildman–Crippen LogP) is 0.952. The summed E-state index contributed by atoms with van der Waals surface area (Å²) < 4.78 is 0. The number of hydrogen-bond donors (Lipinski definition) is 1. The Hall–Kier alpha value is -1.49. The van der Waals surface area contributed by atoms with Crippen LogP contribution in [0.25, 0.3) is 0 Å². The molecule has 94 valence electrons. The van der Waals surface area contributed by atoms with Crippen LogP contribution in [-0.2, 0) is 11.3 Å². The van der Waals surface area contributed by atoms with Gasteiger partial charge in [0.2, 0.25) is 5.91 Å². The van der Waals surface area contributed by atoms with Gasteiger partial charge in [0.15, 0.2) is 0 Å². The molecule has 0 aliphatic heterocycles. The zero-order chi connectivity index (χ0) is 12.7. The van der Waals surface area contributed by atoms with Crippen LogP contribution in [-0.4, -0.2) is 33.9 Å². The van der Waals surface area contributed by atoms with Gasteiger partial charge in [-0.05, 0) is 6.42 Å². The maximum Gasteiger partial charge on any atom is 0.239 e. The van der Waals surface area contributed by atoms with E-state index < -0.39 is 6.04 Å². The Morgan fingerprint density at radius 2 is 2.29 bits per heavy atom. The molecule has 1 aromatic heterocycles. The smallest absolute Gasteiger partial charge is 0.239 e. The van der Waals surface area contributed by atoms with Gasteiger partial charge in [-0.2, -0.15) is 0 Å². The molecule has 0 spiro atoms. The van der Waals surface area contributed by atoms with E-state index in [9.17, 15) is 4.79 Å². The van der Waals surface area contributed by atoms with Crippen LogP contribution in [0.5, 0.6) is 0 Å². The topological polar surface area (TPSA) is 72.1 Å². The lowest BCUT2D eigenvalue weighted by Gasteiger charge is -2.20. The van der Waals surface area contributed by atoms with Gasteiger partial charge < -0.3 is 10.6 Å². The first kappa shape index (κ1) is 13.6.